The number of hydrogen-bond donors (Lipinski definition) is 1. The summed E-state index contributed by atoms with van der Waals surface area (Å²) in [5, 5.41) is 0.714. The first kappa shape index (κ1) is 15.1. The third-order valence-electron chi connectivity index (χ3n) is 2.35. The molecule has 0 saturated carbocycles. The van der Waals surface area contributed by atoms with Gasteiger partial charge >= 0.3 is 0 Å². The van der Waals surface area contributed by atoms with E-state index < -0.39 is 10.0 Å². The van der Waals surface area contributed by atoms with E-state index in [9.17, 15) is 8.42 Å². The highest BCUT2D eigenvalue weighted by Gasteiger charge is 2.20. The largest absolute Gasteiger partial charge is 0.277 e. The van der Waals surface area contributed by atoms with Gasteiger partial charge in [0, 0.05) is 0 Å². The Hall–Kier alpha value is -0.270. The summed E-state index contributed by atoms with van der Waals surface area (Å²) in [6.07, 6.45) is 0. The Labute approximate surface area is 133 Å². The molecule has 0 spiro atoms. The van der Waals surface area contributed by atoms with E-state index >= 15 is 0 Å². The van der Waals surface area contributed by atoms with Crippen LogP contribution in [0.2, 0.25) is 10.0 Å². The van der Waals surface area contributed by atoms with Crippen LogP contribution in [0.5, 0.6) is 0 Å². The van der Waals surface area contributed by atoms with Gasteiger partial charge in [-0.05, 0) is 40.5 Å². The van der Waals surface area contributed by atoms with E-state index in [0.29, 0.717) is 19.5 Å². The van der Waals surface area contributed by atoms with Gasteiger partial charge in [0.1, 0.15) is 4.21 Å². The first-order chi connectivity index (χ1) is 8.81. The molecule has 0 fully saturated rings. The summed E-state index contributed by atoms with van der Waals surface area (Å²) in [6, 6.07) is 6.56. The smallest absolute Gasteiger partial charge is 0.271 e. The number of sulfonamides is 1. The quantitative estimate of drug-likeness (QED) is 0.793. The number of rotatable bonds is 3. The lowest BCUT2D eigenvalue weighted by Crippen LogP contribution is -2.12. The van der Waals surface area contributed by atoms with Crippen molar-refractivity contribution in [2.45, 2.75) is 11.1 Å². The molecule has 0 radical (unpaired) electrons. The molecular weight excluding hydrogens is 393 g/mol. The standard InChI is InChI=1S/C11H8BrCl2NO2S2/c1-6-3-2-4-7(13)10(6)15-19(16,17)9-5-8(14)11(12)18-9/h2-5,15H,1H3. The minimum absolute atomic E-state index is 0.128. The van der Waals surface area contributed by atoms with E-state index in [4.69, 9.17) is 23.2 Å². The minimum Gasteiger partial charge on any atom is -0.277 e. The molecule has 0 saturated heterocycles. The lowest BCUT2D eigenvalue weighted by molar-refractivity contribution is 0.603. The van der Waals surface area contributed by atoms with Crippen molar-refractivity contribution in [3.05, 3.63) is 43.7 Å². The van der Waals surface area contributed by atoms with Gasteiger partial charge in [-0.1, -0.05) is 35.3 Å². The molecule has 0 aliphatic heterocycles. The summed E-state index contributed by atoms with van der Waals surface area (Å²) < 4.78 is 27.7. The van der Waals surface area contributed by atoms with Gasteiger partial charge in [0.2, 0.25) is 0 Å². The molecule has 8 heteroatoms. The molecule has 2 rings (SSSR count). The molecule has 19 heavy (non-hydrogen) atoms. The maximum absolute atomic E-state index is 12.2. The maximum Gasteiger partial charge on any atom is 0.271 e. The molecule has 0 unspecified atom stereocenters. The zero-order valence-corrected chi connectivity index (χ0v) is 14.3. The number of para-hydroxylation sites is 1. The predicted molar refractivity (Wildman–Crippen MR) is 84.0 cm³/mol. The topological polar surface area (TPSA) is 46.2 Å². The van der Waals surface area contributed by atoms with Crippen molar-refractivity contribution in [3.8, 4) is 0 Å². The number of hydrogen-bond acceptors (Lipinski definition) is 3. The molecule has 1 aromatic carbocycles. The second kappa shape index (κ2) is 5.61. The summed E-state index contributed by atoms with van der Waals surface area (Å²) >= 11 is 16.1. The van der Waals surface area contributed by atoms with Gasteiger partial charge in [-0.15, -0.1) is 11.3 Å². The van der Waals surface area contributed by atoms with E-state index in [-0.39, 0.29) is 4.21 Å². The van der Waals surface area contributed by atoms with Crippen molar-refractivity contribution < 1.29 is 8.42 Å². The van der Waals surface area contributed by atoms with Gasteiger partial charge in [-0.3, -0.25) is 4.72 Å². The van der Waals surface area contributed by atoms with Gasteiger partial charge in [0.25, 0.3) is 10.0 Å². The molecule has 0 aliphatic rings. The van der Waals surface area contributed by atoms with Crippen LogP contribution in [0, 0.1) is 6.92 Å². The molecule has 3 nitrogen and oxygen atoms in total. The third-order valence-corrected chi connectivity index (χ3v) is 6.96. The van der Waals surface area contributed by atoms with Crippen molar-refractivity contribution >= 4 is 66.2 Å². The zero-order valence-electron chi connectivity index (χ0n) is 9.58. The Balaban J connectivity index is 2.42. The van der Waals surface area contributed by atoms with Gasteiger partial charge in [0.05, 0.1) is 19.5 Å². The summed E-state index contributed by atoms with van der Waals surface area (Å²) in [7, 11) is -3.69. The maximum atomic E-state index is 12.2. The number of nitrogens with one attached hydrogen (secondary N) is 1. The van der Waals surface area contributed by atoms with E-state index in [1.54, 1.807) is 25.1 Å². The Morgan fingerprint density at radius 1 is 1.26 bits per heavy atom. The molecule has 1 N–H and O–H groups in total. The molecule has 0 aliphatic carbocycles. The van der Waals surface area contributed by atoms with Gasteiger partial charge in [-0.25, -0.2) is 8.42 Å². The Kier molecular flexibility index (Phi) is 4.47. The summed E-state index contributed by atoms with van der Waals surface area (Å²) in [6.45, 7) is 1.78. The Morgan fingerprint density at radius 3 is 2.47 bits per heavy atom. The van der Waals surface area contributed by atoms with Crippen LogP contribution in [-0.4, -0.2) is 8.42 Å². The van der Waals surface area contributed by atoms with Crippen molar-refractivity contribution in [2.75, 3.05) is 4.72 Å². The highest BCUT2D eigenvalue weighted by atomic mass is 79.9. The van der Waals surface area contributed by atoms with Crippen LogP contribution in [0.1, 0.15) is 5.56 Å². The van der Waals surface area contributed by atoms with Crippen LogP contribution < -0.4 is 4.72 Å². The highest BCUT2D eigenvalue weighted by Crippen LogP contribution is 2.36. The molecule has 0 amide bonds. The molecule has 0 atom stereocenters. The Bertz CT molecular complexity index is 689. The monoisotopic (exact) mass is 399 g/mol. The van der Waals surface area contributed by atoms with Crippen molar-refractivity contribution in [1.82, 2.24) is 0 Å². The summed E-state index contributed by atoms with van der Waals surface area (Å²) in [5.74, 6) is 0. The molecule has 0 bridgehead atoms. The summed E-state index contributed by atoms with van der Waals surface area (Å²) in [4.78, 5) is 0. The van der Waals surface area contributed by atoms with E-state index in [1.807, 2.05) is 0 Å². The number of thiophene rings is 1. The fourth-order valence-corrected chi connectivity index (χ4v) is 5.28. The van der Waals surface area contributed by atoms with Crippen LogP contribution in [-0.2, 0) is 10.0 Å². The van der Waals surface area contributed by atoms with E-state index in [2.05, 4.69) is 20.7 Å². The molecular formula is C11H8BrCl2NO2S2. The molecule has 102 valence electrons. The first-order valence-corrected chi connectivity index (χ1v) is 8.89. The van der Waals surface area contributed by atoms with Crippen molar-refractivity contribution in [1.29, 1.82) is 0 Å². The van der Waals surface area contributed by atoms with Crippen LogP contribution in [0.15, 0.2) is 32.3 Å². The van der Waals surface area contributed by atoms with Gasteiger partial charge in [0.15, 0.2) is 0 Å². The fourth-order valence-electron chi connectivity index (χ4n) is 1.41. The average Bonchev–Trinajstić information content (AvgIpc) is 2.66. The predicted octanol–water partition coefficient (Wildman–Crippen LogP) is 4.93. The van der Waals surface area contributed by atoms with Crippen LogP contribution in [0.3, 0.4) is 0 Å². The number of aryl methyl sites for hydroxylation is 1. The summed E-state index contributed by atoms with van der Waals surface area (Å²) in [5.41, 5.74) is 1.13. The van der Waals surface area contributed by atoms with E-state index in [1.165, 1.54) is 6.07 Å². The second-order valence-electron chi connectivity index (χ2n) is 3.72. The number of benzene rings is 1. The van der Waals surface area contributed by atoms with Crippen LogP contribution >= 0.6 is 50.5 Å². The molecule has 1 heterocycles. The first-order valence-electron chi connectivity index (χ1n) is 5.04. The third kappa shape index (κ3) is 3.25. The normalized spacial score (nSPS) is 11.6. The average molecular weight is 401 g/mol. The number of halogens is 3. The minimum atomic E-state index is -3.69. The highest BCUT2D eigenvalue weighted by molar-refractivity contribution is 9.11. The lowest BCUT2D eigenvalue weighted by Gasteiger charge is -2.10. The fraction of sp³-hybridized carbons (Fsp3) is 0.0909. The van der Waals surface area contributed by atoms with E-state index in [0.717, 1.165) is 16.9 Å². The molecule has 1 aromatic heterocycles. The van der Waals surface area contributed by atoms with Crippen LogP contribution in [0.25, 0.3) is 0 Å². The van der Waals surface area contributed by atoms with Gasteiger partial charge < -0.3 is 0 Å². The molecule has 2 aromatic rings. The SMILES string of the molecule is Cc1cccc(Cl)c1NS(=O)(=O)c1cc(Cl)c(Br)s1. The van der Waals surface area contributed by atoms with Crippen LogP contribution in [0.4, 0.5) is 5.69 Å². The Morgan fingerprint density at radius 2 is 1.95 bits per heavy atom. The van der Waals surface area contributed by atoms with Crippen molar-refractivity contribution in [2.24, 2.45) is 0 Å². The number of anilines is 1. The van der Waals surface area contributed by atoms with Gasteiger partial charge in [-0.2, -0.15) is 0 Å². The zero-order chi connectivity index (χ0) is 14.2. The second-order valence-corrected chi connectivity index (χ2v) is 8.82. The van der Waals surface area contributed by atoms with Crippen molar-refractivity contribution in [3.63, 3.8) is 0 Å². The lowest BCUT2D eigenvalue weighted by atomic mass is 10.2.